The Morgan fingerprint density at radius 1 is 1.00 bits per heavy atom. The van der Waals surface area contributed by atoms with Crippen molar-refractivity contribution in [2.45, 2.75) is 78.8 Å². The molecule has 0 aromatic heterocycles. The lowest BCUT2D eigenvalue weighted by Crippen LogP contribution is -2.46. The summed E-state index contributed by atoms with van der Waals surface area (Å²) in [5.74, 6) is 1.61. The van der Waals surface area contributed by atoms with Crippen LogP contribution in [-0.4, -0.2) is 36.6 Å². The average Bonchev–Trinajstić information content (AvgIpc) is 2.90. The molecule has 3 unspecified atom stereocenters. The molecule has 1 rings (SSSR count). The van der Waals surface area contributed by atoms with Crippen molar-refractivity contribution in [3.8, 4) is 0 Å². The number of hydrogen-bond donors (Lipinski definition) is 1. The van der Waals surface area contributed by atoms with Gasteiger partial charge in [-0.15, -0.1) is 0 Å². The van der Waals surface area contributed by atoms with E-state index in [9.17, 15) is 0 Å². The quantitative estimate of drug-likeness (QED) is 0.682. The highest BCUT2D eigenvalue weighted by Crippen LogP contribution is 2.18. The van der Waals surface area contributed by atoms with Gasteiger partial charge in [0.25, 0.3) is 0 Å². The fourth-order valence-corrected chi connectivity index (χ4v) is 3.19. The molecule has 2 nitrogen and oxygen atoms in total. The number of nitrogens with one attached hydrogen (secondary N) is 1. The smallest absolute Gasteiger partial charge is 0.0243 e. The Hall–Kier alpha value is -0.0800. The lowest BCUT2D eigenvalue weighted by atomic mass is 9.96. The normalized spacial score (nSPS) is 21.8. The summed E-state index contributed by atoms with van der Waals surface area (Å²) in [5.41, 5.74) is 0. The molecule has 1 heterocycles. The zero-order valence-corrected chi connectivity index (χ0v) is 13.9. The van der Waals surface area contributed by atoms with Crippen molar-refractivity contribution < 1.29 is 0 Å². The van der Waals surface area contributed by atoms with Crippen LogP contribution in [0.4, 0.5) is 0 Å². The molecular formula is C17H36N2. The molecule has 0 amide bonds. The molecule has 0 aromatic carbocycles. The molecule has 1 fully saturated rings. The van der Waals surface area contributed by atoms with Crippen LogP contribution in [0.2, 0.25) is 0 Å². The molecular weight excluding hydrogens is 232 g/mol. The summed E-state index contributed by atoms with van der Waals surface area (Å²) >= 11 is 0. The van der Waals surface area contributed by atoms with Crippen molar-refractivity contribution in [3.63, 3.8) is 0 Å². The minimum Gasteiger partial charge on any atom is -0.312 e. The second kappa shape index (κ2) is 8.97. The van der Waals surface area contributed by atoms with E-state index in [2.05, 4.69) is 44.8 Å². The number of rotatable bonds is 9. The van der Waals surface area contributed by atoms with Gasteiger partial charge in [0.05, 0.1) is 0 Å². The van der Waals surface area contributed by atoms with Gasteiger partial charge in [-0.25, -0.2) is 0 Å². The first kappa shape index (κ1) is 17.0. The summed E-state index contributed by atoms with van der Waals surface area (Å²) in [4.78, 5) is 2.70. The highest BCUT2D eigenvalue weighted by Gasteiger charge is 2.25. The summed E-state index contributed by atoms with van der Waals surface area (Å²) in [6, 6.07) is 1.44. The van der Waals surface area contributed by atoms with Crippen LogP contribution in [0, 0.1) is 11.8 Å². The molecule has 2 heteroatoms. The van der Waals surface area contributed by atoms with Crippen molar-refractivity contribution in [1.82, 2.24) is 10.2 Å². The van der Waals surface area contributed by atoms with E-state index in [1.165, 1.54) is 51.7 Å². The summed E-state index contributed by atoms with van der Waals surface area (Å²) in [6.07, 6.45) is 6.69. The van der Waals surface area contributed by atoms with Crippen LogP contribution in [0.1, 0.15) is 66.7 Å². The Morgan fingerprint density at radius 2 is 1.63 bits per heavy atom. The predicted molar refractivity (Wildman–Crippen MR) is 85.6 cm³/mol. The third-order valence-corrected chi connectivity index (χ3v) is 4.87. The zero-order valence-electron chi connectivity index (χ0n) is 13.9. The first-order valence-electron chi connectivity index (χ1n) is 8.55. The highest BCUT2D eigenvalue weighted by atomic mass is 15.2. The fourth-order valence-electron chi connectivity index (χ4n) is 3.19. The lowest BCUT2D eigenvalue weighted by molar-refractivity contribution is 0.179. The van der Waals surface area contributed by atoms with Crippen LogP contribution in [0.15, 0.2) is 0 Å². The topological polar surface area (TPSA) is 15.3 Å². The molecule has 0 radical (unpaired) electrons. The average molecular weight is 268 g/mol. The molecule has 1 aliphatic heterocycles. The minimum absolute atomic E-state index is 0.707. The number of hydrogen-bond acceptors (Lipinski definition) is 2. The lowest BCUT2D eigenvalue weighted by Gasteiger charge is -2.33. The van der Waals surface area contributed by atoms with E-state index in [0.717, 1.165) is 17.9 Å². The largest absolute Gasteiger partial charge is 0.312 e. The number of likely N-dealkylation sites (tertiary alicyclic amines) is 1. The van der Waals surface area contributed by atoms with Crippen molar-refractivity contribution in [2.24, 2.45) is 11.8 Å². The molecule has 0 bridgehead atoms. The van der Waals surface area contributed by atoms with E-state index >= 15 is 0 Å². The van der Waals surface area contributed by atoms with Gasteiger partial charge in [0, 0.05) is 18.6 Å². The van der Waals surface area contributed by atoms with E-state index in [0.29, 0.717) is 6.04 Å². The van der Waals surface area contributed by atoms with Gasteiger partial charge in [0.2, 0.25) is 0 Å². The number of nitrogens with zero attached hydrogens (tertiary/aromatic N) is 1. The Bertz CT molecular complexity index is 221. The molecule has 114 valence electrons. The molecule has 3 atom stereocenters. The Labute approximate surface area is 121 Å². The van der Waals surface area contributed by atoms with Gasteiger partial charge >= 0.3 is 0 Å². The van der Waals surface area contributed by atoms with Gasteiger partial charge in [-0.05, 0) is 50.6 Å². The van der Waals surface area contributed by atoms with Crippen LogP contribution < -0.4 is 5.32 Å². The van der Waals surface area contributed by atoms with Gasteiger partial charge in [0.1, 0.15) is 0 Å². The second-order valence-corrected chi connectivity index (χ2v) is 6.82. The molecule has 1 saturated heterocycles. The van der Waals surface area contributed by atoms with Gasteiger partial charge in [-0.3, -0.25) is 4.90 Å². The Balaban J connectivity index is 2.40. The highest BCUT2D eigenvalue weighted by molar-refractivity contribution is 4.82. The van der Waals surface area contributed by atoms with Crippen molar-refractivity contribution in [1.29, 1.82) is 0 Å². The maximum absolute atomic E-state index is 3.85. The van der Waals surface area contributed by atoms with Crippen molar-refractivity contribution in [3.05, 3.63) is 0 Å². The SMILES string of the molecule is CCC(C)CC(CC)NCC(C(C)C)N1CCCC1. The maximum Gasteiger partial charge on any atom is 0.0243 e. The fraction of sp³-hybridized carbons (Fsp3) is 1.00. The van der Waals surface area contributed by atoms with Crippen LogP contribution in [0.5, 0.6) is 0 Å². The van der Waals surface area contributed by atoms with Crippen LogP contribution in [-0.2, 0) is 0 Å². The molecule has 1 N–H and O–H groups in total. The molecule has 0 aromatic rings. The minimum atomic E-state index is 0.707. The van der Waals surface area contributed by atoms with Crippen LogP contribution in [0.3, 0.4) is 0 Å². The second-order valence-electron chi connectivity index (χ2n) is 6.82. The summed E-state index contributed by atoms with van der Waals surface area (Å²) in [6.45, 7) is 15.6. The van der Waals surface area contributed by atoms with Gasteiger partial charge < -0.3 is 5.32 Å². The molecule has 0 saturated carbocycles. The van der Waals surface area contributed by atoms with Crippen molar-refractivity contribution >= 4 is 0 Å². The van der Waals surface area contributed by atoms with E-state index < -0.39 is 0 Å². The van der Waals surface area contributed by atoms with E-state index in [1.54, 1.807) is 0 Å². The van der Waals surface area contributed by atoms with Crippen LogP contribution in [0.25, 0.3) is 0 Å². The van der Waals surface area contributed by atoms with Gasteiger partial charge in [-0.1, -0.05) is 41.0 Å². The predicted octanol–water partition coefficient (Wildman–Crippen LogP) is 3.91. The maximum atomic E-state index is 3.85. The first-order valence-corrected chi connectivity index (χ1v) is 8.55. The Morgan fingerprint density at radius 3 is 2.11 bits per heavy atom. The Kier molecular flexibility index (Phi) is 8.01. The van der Waals surface area contributed by atoms with Gasteiger partial charge in [0.15, 0.2) is 0 Å². The van der Waals surface area contributed by atoms with Crippen LogP contribution >= 0.6 is 0 Å². The standard InChI is InChI=1S/C17H36N2/c1-6-15(5)12-16(7-2)18-13-17(14(3)4)19-10-8-9-11-19/h14-18H,6-13H2,1-5H3. The molecule has 0 aliphatic carbocycles. The monoisotopic (exact) mass is 268 g/mol. The summed E-state index contributed by atoms with van der Waals surface area (Å²) in [5, 5.41) is 3.85. The molecule has 1 aliphatic rings. The van der Waals surface area contributed by atoms with E-state index in [4.69, 9.17) is 0 Å². The van der Waals surface area contributed by atoms with Gasteiger partial charge in [-0.2, -0.15) is 0 Å². The third kappa shape index (κ3) is 5.83. The van der Waals surface area contributed by atoms with E-state index in [-0.39, 0.29) is 0 Å². The summed E-state index contributed by atoms with van der Waals surface area (Å²) < 4.78 is 0. The third-order valence-electron chi connectivity index (χ3n) is 4.87. The van der Waals surface area contributed by atoms with E-state index in [1.807, 2.05) is 0 Å². The zero-order chi connectivity index (χ0) is 14.3. The first-order chi connectivity index (χ1) is 9.08. The summed E-state index contributed by atoms with van der Waals surface area (Å²) in [7, 11) is 0. The molecule has 0 spiro atoms. The van der Waals surface area contributed by atoms with Crippen molar-refractivity contribution in [2.75, 3.05) is 19.6 Å². The molecule has 19 heavy (non-hydrogen) atoms.